The molecule has 3 aromatic carbocycles. The van der Waals surface area contributed by atoms with Gasteiger partial charge in [0.05, 0.1) is 30.9 Å². The standard InChI is InChI=1S/C27H23ClFNO6/c1-4-36-22-12-15(8-10-20(22)31)24-23(25(32)17-13-16(29)9-11-21(17)35-3)26(33)27(34)30(24)19-7-5-6-18(28)14(19)2/h5-13,24,31-32H,4H2,1-3H3/b25-23+. The minimum Gasteiger partial charge on any atom is -0.507 e. The zero-order chi connectivity index (χ0) is 26.1. The second-order valence-corrected chi connectivity index (χ2v) is 8.47. The van der Waals surface area contributed by atoms with Gasteiger partial charge in [-0.05, 0) is 67.4 Å². The zero-order valence-electron chi connectivity index (χ0n) is 19.7. The van der Waals surface area contributed by atoms with Crippen LogP contribution in [0.5, 0.6) is 17.2 Å². The van der Waals surface area contributed by atoms with Gasteiger partial charge < -0.3 is 19.7 Å². The van der Waals surface area contributed by atoms with Gasteiger partial charge in [-0.25, -0.2) is 4.39 Å². The quantitative estimate of drug-likeness (QED) is 0.257. The molecule has 36 heavy (non-hydrogen) atoms. The third-order valence-corrected chi connectivity index (χ3v) is 6.37. The minimum atomic E-state index is -1.14. The average molecular weight is 512 g/mol. The molecule has 1 amide bonds. The molecule has 0 bridgehead atoms. The number of benzene rings is 3. The van der Waals surface area contributed by atoms with E-state index in [9.17, 15) is 24.2 Å². The molecule has 1 heterocycles. The van der Waals surface area contributed by atoms with Gasteiger partial charge in [0.25, 0.3) is 11.7 Å². The number of aromatic hydroxyl groups is 1. The lowest BCUT2D eigenvalue weighted by Crippen LogP contribution is -2.30. The van der Waals surface area contributed by atoms with Crippen LogP contribution in [0.25, 0.3) is 5.76 Å². The lowest BCUT2D eigenvalue weighted by molar-refractivity contribution is -0.132. The summed E-state index contributed by atoms with van der Waals surface area (Å²) in [4.78, 5) is 28.0. The van der Waals surface area contributed by atoms with E-state index in [1.165, 1.54) is 36.3 Å². The Bertz CT molecular complexity index is 1400. The second kappa shape index (κ2) is 9.91. The fraction of sp³-hybridized carbons (Fsp3) is 0.185. The van der Waals surface area contributed by atoms with Crippen molar-refractivity contribution < 1.29 is 33.7 Å². The first-order valence-corrected chi connectivity index (χ1v) is 11.4. The van der Waals surface area contributed by atoms with Crippen LogP contribution < -0.4 is 14.4 Å². The smallest absolute Gasteiger partial charge is 0.300 e. The number of carbonyl (C=O) groups is 2. The van der Waals surface area contributed by atoms with Gasteiger partial charge >= 0.3 is 0 Å². The molecular weight excluding hydrogens is 489 g/mol. The maximum atomic E-state index is 14.1. The number of aliphatic hydroxyl groups is 1. The second-order valence-electron chi connectivity index (χ2n) is 8.06. The fourth-order valence-electron chi connectivity index (χ4n) is 4.24. The summed E-state index contributed by atoms with van der Waals surface area (Å²) in [6.07, 6.45) is 0. The Labute approximate surface area is 212 Å². The van der Waals surface area contributed by atoms with E-state index < -0.39 is 29.3 Å². The molecule has 0 aliphatic carbocycles. The van der Waals surface area contributed by atoms with E-state index in [4.69, 9.17) is 21.1 Å². The number of phenols is 1. The Balaban J connectivity index is 2.04. The lowest BCUT2D eigenvalue weighted by atomic mass is 9.94. The number of phenolic OH excluding ortho intramolecular Hbond substituents is 1. The Morgan fingerprint density at radius 3 is 2.56 bits per heavy atom. The monoisotopic (exact) mass is 511 g/mol. The van der Waals surface area contributed by atoms with Crippen LogP contribution in [0.4, 0.5) is 10.1 Å². The summed E-state index contributed by atoms with van der Waals surface area (Å²) < 4.78 is 24.9. The van der Waals surface area contributed by atoms with Crippen LogP contribution in [0.3, 0.4) is 0 Å². The van der Waals surface area contributed by atoms with Gasteiger partial charge in [0.15, 0.2) is 11.5 Å². The lowest BCUT2D eigenvalue weighted by Gasteiger charge is -2.27. The maximum absolute atomic E-state index is 14.1. The molecule has 1 unspecified atom stereocenters. The molecule has 0 spiro atoms. The molecule has 1 saturated heterocycles. The molecule has 7 nitrogen and oxygen atoms in total. The van der Waals surface area contributed by atoms with Gasteiger partial charge in [-0.3, -0.25) is 14.5 Å². The number of Topliss-reactive ketones (excluding diaryl/α,β-unsaturated/α-hetero) is 1. The van der Waals surface area contributed by atoms with Gasteiger partial charge in [-0.15, -0.1) is 0 Å². The highest BCUT2D eigenvalue weighted by molar-refractivity contribution is 6.52. The summed E-state index contributed by atoms with van der Waals surface area (Å²) in [5.74, 6) is -3.06. The van der Waals surface area contributed by atoms with Crippen molar-refractivity contribution in [1.82, 2.24) is 0 Å². The molecule has 1 atom stereocenters. The largest absolute Gasteiger partial charge is 0.507 e. The molecule has 186 valence electrons. The van der Waals surface area contributed by atoms with Crippen LogP contribution in [0, 0.1) is 12.7 Å². The number of aliphatic hydroxyl groups excluding tert-OH is 1. The summed E-state index contributed by atoms with van der Waals surface area (Å²) >= 11 is 6.31. The van der Waals surface area contributed by atoms with Gasteiger partial charge in [-0.1, -0.05) is 23.7 Å². The number of carbonyl (C=O) groups excluding carboxylic acids is 2. The summed E-state index contributed by atoms with van der Waals surface area (Å²) in [5, 5.41) is 21.9. The molecule has 0 radical (unpaired) electrons. The van der Waals surface area contributed by atoms with Crippen LogP contribution in [0.2, 0.25) is 5.02 Å². The number of rotatable bonds is 6. The molecule has 9 heteroatoms. The van der Waals surface area contributed by atoms with E-state index in [2.05, 4.69) is 0 Å². The molecule has 1 aliphatic heterocycles. The van der Waals surface area contributed by atoms with Gasteiger partial charge in [0.2, 0.25) is 0 Å². The molecule has 0 aromatic heterocycles. The number of ketones is 1. The third kappa shape index (κ3) is 4.24. The van der Waals surface area contributed by atoms with Crippen molar-refractivity contribution in [1.29, 1.82) is 0 Å². The Hall–Kier alpha value is -4.04. The third-order valence-electron chi connectivity index (χ3n) is 5.96. The Morgan fingerprint density at radius 2 is 1.86 bits per heavy atom. The molecule has 1 fully saturated rings. The normalized spacial score (nSPS) is 16.9. The van der Waals surface area contributed by atoms with E-state index in [0.29, 0.717) is 21.8 Å². The van der Waals surface area contributed by atoms with Crippen LogP contribution >= 0.6 is 11.6 Å². The minimum absolute atomic E-state index is 0.0906. The van der Waals surface area contributed by atoms with E-state index in [0.717, 1.165) is 12.1 Å². The SMILES string of the molecule is CCOc1cc(C2/C(=C(\O)c3cc(F)ccc3OC)C(=O)C(=O)N2c2cccc(Cl)c2C)ccc1O. The summed E-state index contributed by atoms with van der Waals surface area (Å²) in [5.41, 5.74) is 0.888. The Morgan fingerprint density at radius 1 is 1.11 bits per heavy atom. The highest BCUT2D eigenvalue weighted by atomic mass is 35.5. The van der Waals surface area contributed by atoms with Crippen LogP contribution in [0.1, 0.15) is 29.7 Å². The van der Waals surface area contributed by atoms with Crippen molar-refractivity contribution in [2.24, 2.45) is 0 Å². The Kier molecular flexibility index (Phi) is 6.90. The van der Waals surface area contributed by atoms with Gasteiger partial charge in [-0.2, -0.15) is 0 Å². The van der Waals surface area contributed by atoms with E-state index in [1.807, 2.05) is 0 Å². The molecule has 1 aliphatic rings. The maximum Gasteiger partial charge on any atom is 0.300 e. The predicted octanol–water partition coefficient (Wildman–Crippen LogP) is 5.53. The first-order chi connectivity index (χ1) is 17.2. The van der Waals surface area contributed by atoms with Gasteiger partial charge in [0.1, 0.15) is 17.3 Å². The van der Waals surface area contributed by atoms with Gasteiger partial charge in [0, 0.05) is 10.7 Å². The number of hydrogen-bond acceptors (Lipinski definition) is 6. The highest BCUT2D eigenvalue weighted by Crippen LogP contribution is 2.46. The fourth-order valence-corrected chi connectivity index (χ4v) is 4.41. The summed E-state index contributed by atoms with van der Waals surface area (Å²) in [6, 6.07) is 11.6. The number of halogens is 2. The molecular formula is C27H23ClFNO6. The number of hydrogen-bond donors (Lipinski definition) is 2. The van der Waals surface area contributed by atoms with Crippen molar-refractivity contribution in [3.63, 3.8) is 0 Å². The molecule has 3 aromatic rings. The van der Waals surface area contributed by atoms with Crippen molar-refractivity contribution in [2.45, 2.75) is 19.9 Å². The first kappa shape index (κ1) is 25.1. The van der Waals surface area contributed by atoms with Crippen LogP contribution in [0.15, 0.2) is 60.2 Å². The number of methoxy groups -OCH3 is 1. The van der Waals surface area contributed by atoms with E-state index in [-0.39, 0.29) is 35.0 Å². The summed E-state index contributed by atoms with van der Waals surface area (Å²) in [6.45, 7) is 3.70. The number of amides is 1. The van der Waals surface area contributed by atoms with Crippen molar-refractivity contribution in [2.75, 3.05) is 18.6 Å². The van der Waals surface area contributed by atoms with Crippen molar-refractivity contribution >= 4 is 34.7 Å². The van der Waals surface area contributed by atoms with Crippen molar-refractivity contribution in [3.8, 4) is 17.2 Å². The van der Waals surface area contributed by atoms with Crippen molar-refractivity contribution in [3.05, 3.63) is 87.7 Å². The topological polar surface area (TPSA) is 96.3 Å². The number of nitrogens with zero attached hydrogens (tertiary/aromatic N) is 1. The van der Waals surface area contributed by atoms with E-state index >= 15 is 0 Å². The predicted molar refractivity (Wildman–Crippen MR) is 133 cm³/mol. The van der Waals surface area contributed by atoms with E-state index in [1.54, 1.807) is 32.0 Å². The number of anilines is 1. The zero-order valence-corrected chi connectivity index (χ0v) is 20.5. The molecule has 2 N–H and O–H groups in total. The molecule has 0 saturated carbocycles. The first-order valence-electron chi connectivity index (χ1n) is 11.0. The highest BCUT2D eigenvalue weighted by Gasteiger charge is 2.48. The summed E-state index contributed by atoms with van der Waals surface area (Å²) in [7, 11) is 1.34. The van der Waals surface area contributed by atoms with Crippen LogP contribution in [-0.2, 0) is 9.59 Å². The van der Waals surface area contributed by atoms with Crippen LogP contribution in [-0.4, -0.2) is 35.6 Å². The molecule has 4 rings (SSSR count). The average Bonchev–Trinajstić information content (AvgIpc) is 3.12. The number of ether oxygens (including phenoxy) is 2.